The van der Waals surface area contributed by atoms with Gasteiger partial charge in [-0.1, -0.05) is 93.6 Å². The molecule has 0 atom stereocenters. The summed E-state index contributed by atoms with van der Waals surface area (Å²) < 4.78 is 0. The lowest BCUT2D eigenvalue weighted by molar-refractivity contribution is 0.509. The van der Waals surface area contributed by atoms with Gasteiger partial charge in [0.2, 0.25) is 0 Å². The van der Waals surface area contributed by atoms with Crippen LogP contribution in [0.25, 0.3) is 33.5 Å². The molecular weight excluding hydrogens is 340 g/mol. The molecule has 0 fully saturated rings. The zero-order valence-electron chi connectivity index (χ0n) is 17.0. The molecule has 0 aliphatic heterocycles. The minimum absolute atomic E-state index is 0.0445. The molecular formula is C26H26N2. The van der Waals surface area contributed by atoms with E-state index in [1.807, 2.05) is 12.1 Å². The van der Waals surface area contributed by atoms with Crippen molar-refractivity contribution in [3.63, 3.8) is 0 Å². The third kappa shape index (κ3) is 3.20. The van der Waals surface area contributed by atoms with Crippen LogP contribution in [-0.4, -0.2) is 9.97 Å². The first-order valence-electron chi connectivity index (χ1n) is 9.94. The van der Waals surface area contributed by atoms with Crippen molar-refractivity contribution in [1.82, 2.24) is 9.97 Å². The Morgan fingerprint density at radius 2 is 1.18 bits per heavy atom. The molecule has 2 nitrogen and oxygen atoms in total. The lowest BCUT2D eigenvalue weighted by atomic mass is 9.81. The van der Waals surface area contributed by atoms with E-state index in [9.17, 15) is 0 Å². The van der Waals surface area contributed by atoms with Crippen LogP contribution in [0, 0.1) is 6.92 Å². The van der Waals surface area contributed by atoms with Gasteiger partial charge in [-0.3, -0.25) is 0 Å². The van der Waals surface area contributed by atoms with Crippen molar-refractivity contribution in [3.05, 3.63) is 83.9 Å². The van der Waals surface area contributed by atoms with E-state index >= 15 is 0 Å². The Morgan fingerprint density at radius 1 is 0.679 bits per heavy atom. The summed E-state index contributed by atoms with van der Waals surface area (Å²) in [5.41, 5.74) is 8.56. The summed E-state index contributed by atoms with van der Waals surface area (Å²) in [6, 6.07) is 25.2. The van der Waals surface area contributed by atoms with Crippen molar-refractivity contribution in [2.45, 2.75) is 39.5 Å². The Bertz CT molecular complexity index is 1110. The average Bonchev–Trinajstić information content (AvgIpc) is 2.74. The summed E-state index contributed by atoms with van der Waals surface area (Å²) in [7, 11) is 0. The molecule has 28 heavy (non-hydrogen) atoms. The Hall–Kier alpha value is -3.00. The van der Waals surface area contributed by atoms with Crippen molar-refractivity contribution in [2.75, 3.05) is 0 Å². The molecule has 140 valence electrons. The molecule has 4 rings (SSSR count). The summed E-state index contributed by atoms with van der Waals surface area (Å²) in [5.74, 6) is 0. The Kier molecular flexibility index (Phi) is 4.72. The smallest absolute Gasteiger partial charge is 0.0973 e. The number of rotatable bonds is 4. The molecule has 0 aliphatic rings. The topological polar surface area (TPSA) is 25.8 Å². The molecule has 0 N–H and O–H groups in total. The van der Waals surface area contributed by atoms with Gasteiger partial charge >= 0.3 is 0 Å². The first kappa shape index (κ1) is 18.4. The second-order valence-corrected chi connectivity index (χ2v) is 8.02. The maximum atomic E-state index is 5.23. The van der Waals surface area contributed by atoms with Gasteiger partial charge in [0.05, 0.1) is 22.4 Å². The summed E-state index contributed by atoms with van der Waals surface area (Å²) >= 11 is 0. The minimum atomic E-state index is 0.0445. The van der Waals surface area contributed by atoms with Crippen LogP contribution in [0.1, 0.15) is 38.3 Å². The van der Waals surface area contributed by atoms with Crippen molar-refractivity contribution >= 4 is 11.0 Å². The first-order valence-corrected chi connectivity index (χ1v) is 9.94. The molecule has 0 amide bonds. The normalized spacial score (nSPS) is 11.7. The van der Waals surface area contributed by atoms with Gasteiger partial charge in [0.1, 0.15) is 0 Å². The fourth-order valence-electron chi connectivity index (χ4n) is 3.60. The van der Waals surface area contributed by atoms with Gasteiger partial charge in [0.15, 0.2) is 0 Å². The zero-order chi connectivity index (χ0) is 19.7. The van der Waals surface area contributed by atoms with Crippen LogP contribution in [0.2, 0.25) is 0 Å². The van der Waals surface area contributed by atoms with Gasteiger partial charge in [0.25, 0.3) is 0 Å². The van der Waals surface area contributed by atoms with Crippen molar-refractivity contribution in [3.8, 4) is 22.5 Å². The van der Waals surface area contributed by atoms with Crippen LogP contribution in [-0.2, 0) is 5.41 Å². The number of aromatic nitrogens is 2. The molecule has 1 aromatic heterocycles. The van der Waals surface area contributed by atoms with Crippen LogP contribution in [0.15, 0.2) is 72.8 Å². The van der Waals surface area contributed by atoms with E-state index in [0.717, 1.165) is 45.5 Å². The van der Waals surface area contributed by atoms with E-state index in [1.165, 1.54) is 5.56 Å². The summed E-state index contributed by atoms with van der Waals surface area (Å²) in [5, 5.41) is 0. The fourth-order valence-corrected chi connectivity index (χ4v) is 3.60. The second kappa shape index (κ2) is 7.20. The summed E-state index contributed by atoms with van der Waals surface area (Å²) in [4.78, 5) is 10.4. The highest BCUT2D eigenvalue weighted by Gasteiger charge is 2.24. The zero-order valence-corrected chi connectivity index (χ0v) is 17.0. The van der Waals surface area contributed by atoms with Crippen molar-refractivity contribution in [1.29, 1.82) is 0 Å². The molecule has 0 bridgehead atoms. The van der Waals surface area contributed by atoms with Crippen LogP contribution in [0.4, 0.5) is 0 Å². The lowest BCUT2D eigenvalue weighted by Gasteiger charge is -2.25. The predicted octanol–water partition coefficient (Wildman–Crippen LogP) is 6.96. The third-order valence-corrected chi connectivity index (χ3v) is 5.73. The number of benzene rings is 3. The standard InChI is InChI=1S/C26H26N2/c1-5-26(3,4)21-17-16-18(2)22-25(21)28-24(20-14-10-7-11-15-20)23(27-22)19-12-8-6-9-13-19/h6-17H,5H2,1-4H3. The average molecular weight is 367 g/mol. The predicted molar refractivity (Wildman–Crippen MR) is 118 cm³/mol. The van der Waals surface area contributed by atoms with Crippen LogP contribution in [0.3, 0.4) is 0 Å². The lowest BCUT2D eigenvalue weighted by Crippen LogP contribution is -2.17. The minimum Gasteiger partial charge on any atom is -0.244 e. The first-order chi connectivity index (χ1) is 13.5. The van der Waals surface area contributed by atoms with E-state index in [0.29, 0.717) is 0 Å². The van der Waals surface area contributed by atoms with E-state index < -0.39 is 0 Å². The Morgan fingerprint density at radius 3 is 1.68 bits per heavy atom. The largest absolute Gasteiger partial charge is 0.244 e. The van der Waals surface area contributed by atoms with Gasteiger partial charge < -0.3 is 0 Å². The summed E-state index contributed by atoms with van der Waals surface area (Å²) in [6.45, 7) is 8.92. The molecule has 3 aromatic carbocycles. The maximum absolute atomic E-state index is 5.23. The van der Waals surface area contributed by atoms with E-state index in [1.54, 1.807) is 0 Å². The highest BCUT2D eigenvalue weighted by molar-refractivity contribution is 5.89. The molecule has 4 aromatic rings. The molecule has 0 saturated heterocycles. The molecule has 1 heterocycles. The number of nitrogens with zero attached hydrogens (tertiary/aromatic N) is 2. The number of aryl methyl sites for hydroxylation is 1. The van der Waals surface area contributed by atoms with Gasteiger partial charge in [-0.25, -0.2) is 9.97 Å². The number of fused-ring (bicyclic) bond motifs is 1. The number of hydrogen-bond donors (Lipinski definition) is 0. The number of hydrogen-bond acceptors (Lipinski definition) is 2. The monoisotopic (exact) mass is 366 g/mol. The molecule has 0 spiro atoms. The second-order valence-electron chi connectivity index (χ2n) is 8.02. The Labute approximate surface area is 167 Å². The molecule has 0 aliphatic carbocycles. The quantitative estimate of drug-likeness (QED) is 0.390. The third-order valence-electron chi connectivity index (χ3n) is 5.73. The van der Waals surface area contributed by atoms with E-state index in [-0.39, 0.29) is 5.41 Å². The maximum Gasteiger partial charge on any atom is 0.0973 e. The van der Waals surface area contributed by atoms with Gasteiger partial charge in [-0.05, 0) is 29.9 Å². The highest BCUT2D eigenvalue weighted by atomic mass is 14.8. The molecule has 0 radical (unpaired) electrons. The molecule has 0 unspecified atom stereocenters. The summed E-state index contributed by atoms with van der Waals surface area (Å²) in [6.07, 6.45) is 1.05. The van der Waals surface area contributed by atoms with E-state index in [4.69, 9.17) is 9.97 Å². The molecule has 2 heteroatoms. The van der Waals surface area contributed by atoms with Gasteiger partial charge in [0, 0.05) is 11.1 Å². The van der Waals surface area contributed by atoms with Gasteiger partial charge in [-0.2, -0.15) is 0 Å². The Balaban J connectivity index is 2.10. The van der Waals surface area contributed by atoms with Crippen molar-refractivity contribution < 1.29 is 0 Å². The van der Waals surface area contributed by atoms with Crippen LogP contribution >= 0.6 is 0 Å². The molecule has 0 saturated carbocycles. The SMILES string of the molecule is CCC(C)(C)c1ccc(C)c2nc(-c3ccccc3)c(-c3ccccc3)nc12. The fraction of sp³-hybridized carbons (Fsp3) is 0.231. The van der Waals surface area contributed by atoms with E-state index in [2.05, 4.69) is 88.4 Å². The highest BCUT2D eigenvalue weighted by Crippen LogP contribution is 2.37. The van der Waals surface area contributed by atoms with Crippen LogP contribution < -0.4 is 0 Å². The van der Waals surface area contributed by atoms with Crippen LogP contribution in [0.5, 0.6) is 0 Å². The van der Waals surface area contributed by atoms with Crippen molar-refractivity contribution in [2.24, 2.45) is 0 Å². The van der Waals surface area contributed by atoms with Gasteiger partial charge in [-0.15, -0.1) is 0 Å².